The molecule has 5 nitrogen and oxygen atoms in total. The average molecular weight is 191 g/mol. The highest BCUT2D eigenvalue weighted by atomic mass is 35.5. The first-order chi connectivity index (χ1) is 5.52. The van der Waals surface area contributed by atoms with E-state index in [9.17, 15) is 0 Å². The molecule has 6 heteroatoms. The van der Waals surface area contributed by atoms with Crippen LogP contribution in [0.3, 0.4) is 0 Å². The van der Waals surface area contributed by atoms with Gasteiger partial charge in [-0.2, -0.15) is 0 Å². The summed E-state index contributed by atoms with van der Waals surface area (Å²) in [7, 11) is 0. The maximum absolute atomic E-state index is 8.36. The number of nitrogen functional groups attached to an aromatic ring is 1. The van der Waals surface area contributed by atoms with E-state index >= 15 is 0 Å². The lowest BCUT2D eigenvalue weighted by atomic mass is 10.3. The predicted octanol–water partition coefficient (Wildman–Crippen LogP) is 1.57. The summed E-state index contributed by atoms with van der Waals surface area (Å²) in [6.07, 6.45) is 0. The lowest BCUT2D eigenvalue weighted by Crippen LogP contribution is -1.81. The third kappa shape index (κ3) is 6.63. The molecule has 0 atom stereocenters. The molecule has 0 aromatic heterocycles. The van der Waals surface area contributed by atoms with Crippen molar-refractivity contribution in [3.63, 3.8) is 0 Å². The molecule has 1 aromatic carbocycles. The minimum absolute atomic E-state index is 0.685. The van der Waals surface area contributed by atoms with Crippen molar-refractivity contribution in [1.82, 2.24) is 0 Å². The Bertz CT molecular complexity index is 245. The lowest BCUT2D eigenvalue weighted by Gasteiger charge is -1.89. The summed E-state index contributed by atoms with van der Waals surface area (Å²) in [6.45, 7) is 0. The zero-order valence-electron chi connectivity index (χ0n) is 5.98. The number of rotatable bonds is 0. The first kappa shape index (κ1) is 10.5. The Hall–Kier alpha value is -1.49. The van der Waals surface area contributed by atoms with Crippen molar-refractivity contribution in [3.8, 4) is 0 Å². The molecule has 1 rings (SSSR count). The third-order valence-corrected chi connectivity index (χ3v) is 1.08. The molecule has 0 aliphatic rings. The molecule has 0 bridgehead atoms. The molecule has 0 unspecified atom stereocenters. The van der Waals surface area contributed by atoms with Crippen LogP contribution in [0.1, 0.15) is 0 Å². The molecule has 0 amide bonds. The van der Waals surface area contributed by atoms with E-state index in [4.69, 9.17) is 32.7 Å². The smallest absolute Gasteiger partial charge is 0.291 e. The van der Waals surface area contributed by atoms with Crippen LogP contribution in [0.4, 0.5) is 5.69 Å². The molecule has 66 valence electrons. The molecule has 12 heavy (non-hydrogen) atoms. The Morgan fingerprint density at radius 3 is 2.33 bits per heavy atom. The van der Waals surface area contributed by atoms with Crippen molar-refractivity contribution < 1.29 is 10.3 Å². The quantitative estimate of drug-likeness (QED) is 0.369. The van der Waals surface area contributed by atoms with E-state index in [2.05, 4.69) is 0 Å². The van der Waals surface area contributed by atoms with E-state index in [0.29, 0.717) is 10.7 Å². The third-order valence-electron chi connectivity index (χ3n) is 0.849. The topological polar surface area (TPSA) is 89.4 Å². The van der Waals surface area contributed by atoms with Crippen molar-refractivity contribution in [2.24, 2.45) is 0 Å². The van der Waals surface area contributed by atoms with Gasteiger partial charge in [-0.3, -0.25) is 0 Å². The summed E-state index contributed by atoms with van der Waals surface area (Å²) in [4.78, 5) is 8.36. The molecule has 0 saturated carbocycles. The van der Waals surface area contributed by atoms with Crippen molar-refractivity contribution in [1.29, 1.82) is 0 Å². The fraction of sp³-hybridized carbons (Fsp3) is 0. The zero-order valence-corrected chi connectivity index (χ0v) is 6.73. The normalized spacial score (nSPS) is 8.08. The maximum Gasteiger partial charge on any atom is 0.291 e. The molecule has 0 heterocycles. The maximum atomic E-state index is 8.36. The van der Waals surface area contributed by atoms with Gasteiger partial charge in [-0.1, -0.05) is 17.7 Å². The van der Waals surface area contributed by atoms with Crippen molar-refractivity contribution in [2.75, 3.05) is 5.73 Å². The van der Waals surface area contributed by atoms with E-state index in [0.717, 1.165) is 0 Å². The molecule has 0 saturated heterocycles. The summed E-state index contributed by atoms with van der Waals surface area (Å²) in [5.41, 5.74) is 6.08. The Labute approximate surface area is 73.5 Å². The second-order valence-electron chi connectivity index (χ2n) is 1.79. The van der Waals surface area contributed by atoms with E-state index in [1.807, 2.05) is 6.07 Å². The highest BCUT2D eigenvalue weighted by Gasteiger charge is 1.83. The van der Waals surface area contributed by atoms with E-state index < -0.39 is 5.09 Å². The van der Waals surface area contributed by atoms with Crippen LogP contribution in [0.25, 0.3) is 0 Å². The second-order valence-corrected chi connectivity index (χ2v) is 2.23. The Balaban J connectivity index is 0.000000261. The van der Waals surface area contributed by atoms with Crippen LogP contribution in [0.15, 0.2) is 24.3 Å². The van der Waals surface area contributed by atoms with Crippen LogP contribution < -0.4 is 5.73 Å². The van der Waals surface area contributed by atoms with Gasteiger partial charge in [0.2, 0.25) is 0 Å². The molecular formula is C6H7ClN2O3. The fourth-order valence-corrected chi connectivity index (χ4v) is 0.705. The average Bonchev–Trinajstić information content (AvgIpc) is 1.84. The largest absolute Gasteiger partial charge is 0.399 e. The van der Waals surface area contributed by atoms with Crippen LogP contribution in [0, 0.1) is 10.1 Å². The van der Waals surface area contributed by atoms with Gasteiger partial charge in [0.25, 0.3) is 5.09 Å². The molecule has 0 radical (unpaired) electrons. The SMILES string of the molecule is Nc1cccc(Cl)c1.O=[N+]([O-])O. The van der Waals surface area contributed by atoms with Gasteiger partial charge in [-0.25, -0.2) is 0 Å². The molecule has 0 fully saturated rings. The number of hydrogen-bond donors (Lipinski definition) is 2. The number of hydrogen-bond acceptors (Lipinski definition) is 3. The van der Waals surface area contributed by atoms with Crippen molar-refractivity contribution in [3.05, 3.63) is 39.4 Å². The molecule has 1 aromatic rings. The first-order valence-corrected chi connectivity index (χ1v) is 3.24. The van der Waals surface area contributed by atoms with Gasteiger partial charge >= 0.3 is 0 Å². The van der Waals surface area contributed by atoms with Gasteiger partial charge in [0.05, 0.1) is 0 Å². The molecule has 3 N–H and O–H groups in total. The minimum atomic E-state index is -1.50. The van der Waals surface area contributed by atoms with Gasteiger partial charge in [0, 0.05) is 10.7 Å². The van der Waals surface area contributed by atoms with Gasteiger partial charge in [-0.15, -0.1) is 10.1 Å². The van der Waals surface area contributed by atoms with Crippen LogP contribution >= 0.6 is 11.6 Å². The predicted molar refractivity (Wildman–Crippen MR) is 44.6 cm³/mol. The molecular weight excluding hydrogens is 184 g/mol. The number of halogens is 1. The van der Waals surface area contributed by atoms with Gasteiger partial charge in [0.1, 0.15) is 0 Å². The first-order valence-electron chi connectivity index (χ1n) is 2.86. The van der Waals surface area contributed by atoms with Crippen LogP contribution in [0.2, 0.25) is 5.02 Å². The van der Waals surface area contributed by atoms with Gasteiger partial charge in [-0.05, 0) is 18.2 Å². The lowest BCUT2D eigenvalue weighted by molar-refractivity contribution is -0.742. The van der Waals surface area contributed by atoms with Crippen LogP contribution in [-0.4, -0.2) is 10.3 Å². The second kappa shape index (κ2) is 5.20. The number of anilines is 1. The fourth-order valence-electron chi connectivity index (χ4n) is 0.507. The summed E-state index contributed by atoms with van der Waals surface area (Å²) in [5.74, 6) is 0. The zero-order chi connectivity index (χ0) is 9.56. The number of nitrogens with zero attached hydrogens (tertiary/aromatic N) is 1. The van der Waals surface area contributed by atoms with Gasteiger partial charge < -0.3 is 10.9 Å². The summed E-state index contributed by atoms with van der Waals surface area (Å²) >= 11 is 5.56. The highest BCUT2D eigenvalue weighted by Crippen LogP contribution is 2.10. The molecule has 0 aliphatic heterocycles. The molecule has 0 aliphatic carbocycles. The van der Waals surface area contributed by atoms with Crippen LogP contribution in [-0.2, 0) is 0 Å². The van der Waals surface area contributed by atoms with Crippen LogP contribution in [0.5, 0.6) is 0 Å². The van der Waals surface area contributed by atoms with E-state index in [1.54, 1.807) is 18.2 Å². The number of nitrogens with two attached hydrogens (primary N) is 1. The van der Waals surface area contributed by atoms with Crippen molar-refractivity contribution in [2.45, 2.75) is 0 Å². The van der Waals surface area contributed by atoms with E-state index in [1.165, 1.54) is 0 Å². The Morgan fingerprint density at radius 1 is 1.58 bits per heavy atom. The summed E-state index contributed by atoms with van der Waals surface area (Å²) in [5, 5.41) is 14.3. The highest BCUT2D eigenvalue weighted by molar-refractivity contribution is 6.30. The number of benzene rings is 1. The van der Waals surface area contributed by atoms with Crippen molar-refractivity contribution >= 4 is 17.3 Å². The Morgan fingerprint density at radius 2 is 2.08 bits per heavy atom. The van der Waals surface area contributed by atoms with Gasteiger partial charge in [0.15, 0.2) is 0 Å². The monoisotopic (exact) mass is 190 g/mol. The molecule has 0 spiro atoms. The minimum Gasteiger partial charge on any atom is -0.399 e. The standard InChI is InChI=1S/C6H6ClN.HNO3/c7-5-2-1-3-6(8)4-5;2-1(3)4/h1-4H,8H2;(H,2,3,4). The Kier molecular flexibility index (Phi) is 4.55. The van der Waals surface area contributed by atoms with E-state index in [-0.39, 0.29) is 0 Å². The summed E-state index contributed by atoms with van der Waals surface area (Å²) in [6, 6.07) is 7.11. The summed E-state index contributed by atoms with van der Waals surface area (Å²) < 4.78 is 0.